The summed E-state index contributed by atoms with van der Waals surface area (Å²) in [5, 5.41) is 12.3. The fourth-order valence-corrected chi connectivity index (χ4v) is 1.90. The maximum Gasteiger partial charge on any atom is 0.573 e. The van der Waals surface area contributed by atoms with Crippen LogP contribution in [0.4, 0.5) is 13.2 Å². The Morgan fingerprint density at radius 2 is 1.76 bits per heavy atom. The number of benzene rings is 1. The molecule has 1 unspecified atom stereocenters. The van der Waals surface area contributed by atoms with Gasteiger partial charge in [-0.05, 0) is 36.5 Å². The number of hydrogen-bond acceptors (Lipinski definition) is 3. The summed E-state index contributed by atoms with van der Waals surface area (Å²) in [6.45, 7) is 6.86. The van der Waals surface area contributed by atoms with Gasteiger partial charge in [-0.1, -0.05) is 26.0 Å². The Morgan fingerprint density at radius 3 is 2.24 bits per heavy atom. The van der Waals surface area contributed by atoms with Crippen LogP contribution >= 0.6 is 0 Å². The molecule has 0 saturated carbocycles. The lowest BCUT2D eigenvalue weighted by Crippen LogP contribution is -2.32. The van der Waals surface area contributed by atoms with E-state index in [-0.39, 0.29) is 23.8 Å². The van der Waals surface area contributed by atoms with Crippen molar-refractivity contribution in [2.75, 3.05) is 13.2 Å². The van der Waals surface area contributed by atoms with Crippen molar-refractivity contribution in [3.05, 3.63) is 29.8 Å². The third-order valence-electron chi connectivity index (χ3n) is 3.29. The van der Waals surface area contributed by atoms with E-state index < -0.39 is 6.36 Å². The first-order valence-corrected chi connectivity index (χ1v) is 6.83. The highest BCUT2D eigenvalue weighted by molar-refractivity contribution is 5.29. The lowest BCUT2D eigenvalue weighted by Gasteiger charge is -2.26. The number of ether oxygens (including phenoxy) is 1. The van der Waals surface area contributed by atoms with E-state index in [1.54, 1.807) is 12.1 Å². The van der Waals surface area contributed by atoms with Crippen LogP contribution in [-0.4, -0.2) is 24.6 Å². The van der Waals surface area contributed by atoms with Crippen LogP contribution in [0.15, 0.2) is 24.3 Å². The second-order valence-corrected chi connectivity index (χ2v) is 5.86. The van der Waals surface area contributed by atoms with Gasteiger partial charge in [0.2, 0.25) is 0 Å². The van der Waals surface area contributed by atoms with Crippen LogP contribution in [0.25, 0.3) is 0 Å². The Bertz CT molecular complexity index is 430. The third kappa shape index (κ3) is 6.82. The smallest absolute Gasteiger partial charge is 0.406 e. The molecule has 0 amide bonds. The predicted octanol–water partition coefficient (Wildman–Crippen LogP) is 3.64. The largest absolute Gasteiger partial charge is 0.573 e. The van der Waals surface area contributed by atoms with Gasteiger partial charge in [-0.3, -0.25) is 0 Å². The van der Waals surface area contributed by atoms with Gasteiger partial charge >= 0.3 is 6.36 Å². The highest BCUT2D eigenvalue weighted by Gasteiger charge is 2.31. The molecule has 0 heterocycles. The lowest BCUT2D eigenvalue weighted by atomic mass is 9.89. The lowest BCUT2D eigenvalue weighted by molar-refractivity contribution is -0.274. The van der Waals surface area contributed by atoms with Gasteiger partial charge in [-0.2, -0.15) is 0 Å². The number of rotatable bonds is 7. The first kappa shape index (κ1) is 17.8. The summed E-state index contributed by atoms with van der Waals surface area (Å²) in [6.07, 6.45) is -3.98. The minimum Gasteiger partial charge on any atom is -0.406 e. The van der Waals surface area contributed by atoms with Crippen LogP contribution in [0.2, 0.25) is 0 Å². The van der Waals surface area contributed by atoms with Crippen molar-refractivity contribution in [2.24, 2.45) is 5.41 Å². The third-order valence-corrected chi connectivity index (χ3v) is 3.29. The topological polar surface area (TPSA) is 41.5 Å². The van der Waals surface area contributed by atoms with Crippen LogP contribution in [-0.2, 0) is 0 Å². The summed E-state index contributed by atoms with van der Waals surface area (Å²) in [5.74, 6) is -0.223. The second kappa shape index (κ2) is 7.13. The van der Waals surface area contributed by atoms with Crippen LogP contribution in [0, 0.1) is 5.41 Å². The molecule has 0 aliphatic carbocycles. The van der Waals surface area contributed by atoms with Crippen LogP contribution in [0.1, 0.15) is 38.8 Å². The first-order chi connectivity index (χ1) is 9.63. The summed E-state index contributed by atoms with van der Waals surface area (Å²) in [7, 11) is 0. The van der Waals surface area contributed by atoms with Gasteiger partial charge < -0.3 is 15.2 Å². The predicted molar refractivity (Wildman–Crippen MR) is 75.0 cm³/mol. The molecule has 0 radical (unpaired) electrons. The van der Waals surface area contributed by atoms with Gasteiger partial charge in [0, 0.05) is 19.2 Å². The van der Waals surface area contributed by atoms with Crippen LogP contribution < -0.4 is 10.1 Å². The molecule has 120 valence electrons. The van der Waals surface area contributed by atoms with Crippen molar-refractivity contribution in [1.29, 1.82) is 0 Å². The molecule has 21 heavy (non-hydrogen) atoms. The van der Waals surface area contributed by atoms with Gasteiger partial charge in [-0.25, -0.2) is 0 Å². The minimum atomic E-state index is -4.67. The fraction of sp³-hybridized carbons (Fsp3) is 0.600. The Labute approximate surface area is 123 Å². The van der Waals surface area contributed by atoms with Crippen LogP contribution in [0.3, 0.4) is 0 Å². The zero-order valence-corrected chi connectivity index (χ0v) is 12.5. The summed E-state index contributed by atoms with van der Waals surface area (Å²) in [4.78, 5) is 0. The molecule has 3 nitrogen and oxygen atoms in total. The Balaban J connectivity index is 2.57. The van der Waals surface area contributed by atoms with E-state index in [0.29, 0.717) is 13.0 Å². The molecule has 6 heteroatoms. The zero-order valence-electron chi connectivity index (χ0n) is 12.5. The molecule has 0 bridgehead atoms. The van der Waals surface area contributed by atoms with E-state index in [1.165, 1.54) is 12.1 Å². The molecule has 0 aliphatic heterocycles. The zero-order chi connectivity index (χ0) is 16.1. The highest BCUT2D eigenvalue weighted by Crippen LogP contribution is 2.25. The minimum absolute atomic E-state index is 0.00269. The Morgan fingerprint density at radius 1 is 1.19 bits per heavy atom. The van der Waals surface area contributed by atoms with Gasteiger partial charge in [0.05, 0.1) is 0 Å². The second-order valence-electron chi connectivity index (χ2n) is 5.86. The summed E-state index contributed by atoms with van der Waals surface area (Å²) >= 11 is 0. The standard InChI is InChI=1S/C15H22F3NO2/c1-11(19-10-14(2,3)8-9-20)12-4-6-13(7-5-12)21-15(16,17)18/h4-7,11,19-20H,8-10H2,1-3H3. The van der Waals surface area contributed by atoms with E-state index in [0.717, 1.165) is 5.56 Å². The molecule has 1 aromatic rings. The Hall–Kier alpha value is -1.27. The SMILES string of the molecule is CC(NCC(C)(C)CCO)c1ccc(OC(F)(F)F)cc1. The van der Waals surface area contributed by atoms with Crippen molar-refractivity contribution in [2.45, 2.75) is 39.6 Å². The van der Waals surface area contributed by atoms with Crippen LogP contribution in [0.5, 0.6) is 5.75 Å². The maximum absolute atomic E-state index is 12.1. The molecule has 0 fully saturated rings. The molecule has 0 aromatic heterocycles. The Kier molecular flexibility index (Phi) is 6.04. The summed E-state index contributed by atoms with van der Waals surface area (Å²) in [5.41, 5.74) is 0.840. The van der Waals surface area contributed by atoms with Crippen molar-refractivity contribution < 1.29 is 23.0 Å². The number of halogens is 3. The summed E-state index contributed by atoms with van der Waals surface area (Å²) < 4.78 is 40.0. The molecule has 0 aliphatic rings. The molecule has 0 spiro atoms. The van der Waals surface area contributed by atoms with Gasteiger partial charge in [0.25, 0.3) is 0 Å². The van der Waals surface area contributed by atoms with Gasteiger partial charge in [0.1, 0.15) is 5.75 Å². The molecule has 2 N–H and O–H groups in total. The molecule has 1 rings (SSSR count). The van der Waals surface area contributed by atoms with Crippen molar-refractivity contribution >= 4 is 0 Å². The van der Waals surface area contributed by atoms with Gasteiger partial charge in [0.15, 0.2) is 0 Å². The maximum atomic E-state index is 12.1. The number of hydrogen-bond donors (Lipinski definition) is 2. The average Bonchev–Trinajstić information content (AvgIpc) is 2.35. The van der Waals surface area contributed by atoms with Crippen molar-refractivity contribution in [3.8, 4) is 5.75 Å². The quantitative estimate of drug-likeness (QED) is 0.808. The monoisotopic (exact) mass is 305 g/mol. The van der Waals surface area contributed by atoms with Crippen molar-refractivity contribution in [3.63, 3.8) is 0 Å². The molecular formula is C15H22F3NO2. The van der Waals surface area contributed by atoms with E-state index in [2.05, 4.69) is 10.1 Å². The normalized spacial score (nSPS) is 14.0. The fourth-order valence-electron chi connectivity index (χ4n) is 1.90. The molecule has 1 atom stereocenters. The number of alkyl halides is 3. The number of nitrogens with one attached hydrogen (secondary N) is 1. The first-order valence-electron chi connectivity index (χ1n) is 6.83. The average molecular weight is 305 g/mol. The molecule has 0 saturated heterocycles. The van der Waals surface area contributed by atoms with Gasteiger partial charge in [-0.15, -0.1) is 13.2 Å². The molecular weight excluding hydrogens is 283 g/mol. The van der Waals surface area contributed by atoms with Crippen molar-refractivity contribution in [1.82, 2.24) is 5.32 Å². The molecule has 1 aromatic carbocycles. The highest BCUT2D eigenvalue weighted by atomic mass is 19.4. The van der Waals surface area contributed by atoms with E-state index in [9.17, 15) is 13.2 Å². The van der Waals surface area contributed by atoms with E-state index >= 15 is 0 Å². The number of aliphatic hydroxyl groups excluding tert-OH is 1. The van der Waals surface area contributed by atoms with E-state index in [1.807, 2.05) is 20.8 Å². The summed E-state index contributed by atoms with van der Waals surface area (Å²) in [6, 6.07) is 5.83. The number of aliphatic hydroxyl groups is 1. The van der Waals surface area contributed by atoms with E-state index in [4.69, 9.17) is 5.11 Å².